The van der Waals surface area contributed by atoms with Gasteiger partial charge in [0.2, 0.25) is 0 Å². The number of thiol groups is 1. The van der Waals surface area contributed by atoms with Crippen LogP contribution in [0.3, 0.4) is 0 Å². The molecule has 1 saturated heterocycles. The maximum atomic E-state index is 2.33. The van der Waals surface area contributed by atoms with Crippen LogP contribution in [0.15, 0.2) is 0 Å². The third kappa shape index (κ3) is 0.904. The quantitative estimate of drug-likeness (QED) is 0.317. The summed E-state index contributed by atoms with van der Waals surface area (Å²) in [5.41, 5.74) is 0. The van der Waals surface area contributed by atoms with Crippen molar-refractivity contribution in [2.45, 2.75) is 25.0 Å². The van der Waals surface area contributed by atoms with Crippen LogP contribution in [-0.2, 0) is 11.8 Å². The molecule has 0 aromatic carbocycles. The highest BCUT2D eigenvalue weighted by Crippen LogP contribution is 2.10. The van der Waals surface area contributed by atoms with Crippen molar-refractivity contribution in [3.05, 3.63) is 0 Å². The first-order chi connectivity index (χ1) is 2.89. The Morgan fingerprint density at radius 2 is 2.50 bits per heavy atom. The minimum absolute atomic E-state index is 1.02. The van der Waals surface area contributed by atoms with Gasteiger partial charge in [0.1, 0.15) is 11.0 Å². The van der Waals surface area contributed by atoms with E-state index >= 15 is 0 Å². The molecule has 1 aliphatic heterocycles. The van der Waals surface area contributed by atoms with E-state index in [0.717, 1.165) is 5.25 Å². The minimum Gasteiger partial charge on any atom is -0.0249 e. The Morgan fingerprint density at radius 1 is 1.67 bits per heavy atom. The molecule has 0 nitrogen and oxygen atoms in total. The molecule has 0 saturated carbocycles. The summed E-state index contributed by atoms with van der Waals surface area (Å²) in [6.07, 6.45) is 2.95. The maximum absolute atomic E-state index is 2.33. The van der Waals surface area contributed by atoms with Crippen LogP contribution >= 0.6 is 0 Å². The number of hydrogen-bond acceptors (Lipinski definition) is 0. The van der Waals surface area contributed by atoms with Crippen molar-refractivity contribution in [3.8, 4) is 0 Å². The van der Waals surface area contributed by atoms with Gasteiger partial charge in [0, 0.05) is 0 Å². The Labute approximate surface area is 43.3 Å². The molecular weight excluding hydrogens is 92.1 g/mol. The smallest absolute Gasteiger partial charge is 0.0249 e. The topological polar surface area (TPSA) is 0 Å². The summed E-state index contributed by atoms with van der Waals surface area (Å²) in [5.74, 6) is 1.46. The SMILES string of the molecule is CC1CCC[SH+]1. The monoisotopic (exact) mass is 103 g/mol. The summed E-state index contributed by atoms with van der Waals surface area (Å²) in [4.78, 5) is 0. The van der Waals surface area contributed by atoms with Gasteiger partial charge in [-0.15, -0.1) is 0 Å². The summed E-state index contributed by atoms with van der Waals surface area (Å²) < 4.78 is 0. The lowest BCUT2D eigenvalue weighted by molar-refractivity contribution is 0.837. The Kier molecular flexibility index (Phi) is 1.41. The van der Waals surface area contributed by atoms with Crippen LogP contribution in [0.2, 0.25) is 0 Å². The molecule has 0 N–H and O–H groups in total. The first-order valence-electron chi connectivity index (χ1n) is 2.56. The minimum atomic E-state index is 1.02. The van der Waals surface area contributed by atoms with Gasteiger partial charge >= 0.3 is 0 Å². The molecule has 1 fully saturated rings. The molecule has 0 amide bonds. The van der Waals surface area contributed by atoms with E-state index in [-0.39, 0.29) is 0 Å². The van der Waals surface area contributed by atoms with Gasteiger partial charge in [-0.05, 0) is 31.5 Å². The molecule has 1 heterocycles. The second kappa shape index (κ2) is 1.87. The van der Waals surface area contributed by atoms with Crippen molar-refractivity contribution in [2.75, 3.05) is 5.75 Å². The second-order valence-corrected chi connectivity index (χ2v) is 3.59. The van der Waals surface area contributed by atoms with E-state index in [1.165, 1.54) is 18.6 Å². The standard InChI is InChI=1S/C5H10S/c1-5-3-2-4-6-5/h5H,2-4H2,1H3/p+1. The van der Waals surface area contributed by atoms with Crippen LogP contribution in [0.4, 0.5) is 0 Å². The fourth-order valence-electron chi connectivity index (χ4n) is 0.790. The second-order valence-electron chi connectivity index (χ2n) is 1.90. The van der Waals surface area contributed by atoms with E-state index in [4.69, 9.17) is 0 Å². The third-order valence-electron chi connectivity index (χ3n) is 1.22. The van der Waals surface area contributed by atoms with Crippen molar-refractivity contribution < 1.29 is 0 Å². The van der Waals surface area contributed by atoms with Crippen LogP contribution in [-0.4, -0.2) is 11.0 Å². The van der Waals surface area contributed by atoms with Gasteiger partial charge in [-0.3, -0.25) is 0 Å². The third-order valence-corrected chi connectivity index (χ3v) is 2.68. The molecular formula is C5H11S+. The van der Waals surface area contributed by atoms with Crippen LogP contribution in [0.5, 0.6) is 0 Å². The predicted octanol–water partition coefficient (Wildman–Crippen LogP) is 0.984. The van der Waals surface area contributed by atoms with Gasteiger partial charge in [0.25, 0.3) is 0 Å². The van der Waals surface area contributed by atoms with Crippen LogP contribution in [0, 0.1) is 0 Å². The highest BCUT2D eigenvalue weighted by atomic mass is 32.2. The lowest BCUT2D eigenvalue weighted by atomic mass is 10.3. The molecule has 6 heavy (non-hydrogen) atoms. The van der Waals surface area contributed by atoms with Gasteiger partial charge in [-0.25, -0.2) is 0 Å². The molecule has 1 heteroatoms. The summed E-state index contributed by atoms with van der Waals surface area (Å²) in [6, 6.07) is 0. The molecule has 0 aromatic heterocycles. The van der Waals surface area contributed by atoms with Crippen molar-refractivity contribution in [1.29, 1.82) is 0 Å². The van der Waals surface area contributed by atoms with Crippen LogP contribution in [0.1, 0.15) is 19.8 Å². The summed E-state index contributed by atoms with van der Waals surface area (Å²) in [7, 11) is 0. The van der Waals surface area contributed by atoms with Gasteiger partial charge in [0.05, 0.1) is 0 Å². The van der Waals surface area contributed by atoms with Crippen LogP contribution < -0.4 is 0 Å². The Bertz CT molecular complexity index is 37.2. The normalized spacial score (nSPS) is 34.5. The van der Waals surface area contributed by atoms with Crippen LogP contribution in [0.25, 0.3) is 0 Å². The number of rotatable bonds is 0. The first kappa shape index (κ1) is 4.51. The molecule has 0 aliphatic carbocycles. The Morgan fingerprint density at radius 3 is 2.67 bits per heavy atom. The Hall–Kier alpha value is 0.350. The van der Waals surface area contributed by atoms with Crippen molar-refractivity contribution in [3.63, 3.8) is 0 Å². The number of hydrogen-bond donors (Lipinski definition) is 0. The fraction of sp³-hybridized carbons (Fsp3) is 1.00. The first-order valence-corrected chi connectivity index (χ1v) is 3.71. The average molecular weight is 103 g/mol. The van der Waals surface area contributed by atoms with Gasteiger partial charge in [-0.2, -0.15) is 0 Å². The van der Waals surface area contributed by atoms with E-state index in [9.17, 15) is 0 Å². The fourth-order valence-corrected chi connectivity index (χ4v) is 1.96. The molecule has 36 valence electrons. The zero-order chi connectivity index (χ0) is 4.41. The summed E-state index contributed by atoms with van der Waals surface area (Å²) in [5, 5.41) is 1.02. The highest BCUT2D eigenvalue weighted by molar-refractivity contribution is 7.79. The molecule has 1 rings (SSSR count). The van der Waals surface area contributed by atoms with Crippen molar-refractivity contribution in [1.82, 2.24) is 0 Å². The van der Waals surface area contributed by atoms with Gasteiger partial charge in [0.15, 0.2) is 0 Å². The molecule has 1 atom stereocenters. The van der Waals surface area contributed by atoms with Crippen molar-refractivity contribution >= 4 is 11.8 Å². The van der Waals surface area contributed by atoms with E-state index in [1.54, 1.807) is 11.8 Å². The maximum Gasteiger partial charge on any atom is 0.113 e. The van der Waals surface area contributed by atoms with Gasteiger partial charge < -0.3 is 0 Å². The highest BCUT2D eigenvalue weighted by Gasteiger charge is 2.16. The lowest BCUT2D eigenvalue weighted by Crippen LogP contribution is -1.92. The molecule has 0 radical (unpaired) electrons. The largest absolute Gasteiger partial charge is 0.113 e. The zero-order valence-electron chi connectivity index (χ0n) is 4.15. The molecule has 1 aliphatic rings. The molecule has 0 bridgehead atoms. The summed E-state index contributed by atoms with van der Waals surface area (Å²) in [6.45, 7) is 2.33. The summed E-state index contributed by atoms with van der Waals surface area (Å²) >= 11 is 1.69. The Balaban J connectivity index is 2.18. The van der Waals surface area contributed by atoms with E-state index in [0.29, 0.717) is 0 Å². The average Bonchev–Trinajstić information content (AvgIpc) is 1.86. The van der Waals surface area contributed by atoms with E-state index in [2.05, 4.69) is 6.92 Å². The molecule has 0 aromatic rings. The van der Waals surface area contributed by atoms with E-state index in [1.807, 2.05) is 0 Å². The van der Waals surface area contributed by atoms with Crippen molar-refractivity contribution in [2.24, 2.45) is 0 Å². The van der Waals surface area contributed by atoms with E-state index < -0.39 is 0 Å². The predicted molar refractivity (Wildman–Crippen MR) is 32.3 cm³/mol. The van der Waals surface area contributed by atoms with Gasteiger partial charge in [-0.1, -0.05) is 0 Å². The zero-order valence-corrected chi connectivity index (χ0v) is 5.04. The molecule has 1 unspecified atom stereocenters. The lowest BCUT2D eigenvalue weighted by Gasteiger charge is -1.82. The molecule has 0 spiro atoms.